The van der Waals surface area contributed by atoms with Gasteiger partial charge >= 0.3 is 6.03 Å². The molecule has 0 spiro atoms. The highest BCUT2D eigenvalue weighted by molar-refractivity contribution is 5.90. The molecule has 5 heteroatoms. The van der Waals surface area contributed by atoms with Gasteiger partial charge in [-0.2, -0.15) is 0 Å². The summed E-state index contributed by atoms with van der Waals surface area (Å²) in [6.07, 6.45) is 0. The van der Waals surface area contributed by atoms with Gasteiger partial charge in [-0.05, 0) is 36.8 Å². The monoisotopic (exact) mass is 313 g/mol. The van der Waals surface area contributed by atoms with E-state index in [0.29, 0.717) is 26.2 Å². The summed E-state index contributed by atoms with van der Waals surface area (Å²) in [6.45, 7) is 4.61. The van der Waals surface area contributed by atoms with Gasteiger partial charge in [0.05, 0.1) is 0 Å². The number of para-hydroxylation sites is 1. The maximum Gasteiger partial charge on any atom is 0.321 e. The molecule has 0 radical (unpaired) electrons. The number of benzene rings is 2. The van der Waals surface area contributed by atoms with Gasteiger partial charge in [-0.3, -0.25) is 0 Å². The van der Waals surface area contributed by atoms with E-state index in [9.17, 15) is 9.18 Å². The minimum absolute atomic E-state index is 0.0850. The van der Waals surface area contributed by atoms with Crippen molar-refractivity contribution in [1.82, 2.24) is 4.90 Å². The largest absolute Gasteiger partial charge is 0.368 e. The van der Waals surface area contributed by atoms with Crippen LogP contribution in [-0.2, 0) is 0 Å². The second-order valence-corrected chi connectivity index (χ2v) is 5.70. The van der Waals surface area contributed by atoms with E-state index in [1.54, 1.807) is 11.0 Å². The highest BCUT2D eigenvalue weighted by Gasteiger charge is 2.21. The van der Waals surface area contributed by atoms with E-state index in [2.05, 4.69) is 10.2 Å². The Balaban J connectivity index is 1.58. The molecule has 1 N–H and O–H groups in total. The molecule has 0 bridgehead atoms. The number of rotatable bonds is 2. The van der Waals surface area contributed by atoms with E-state index in [1.165, 1.54) is 12.1 Å². The highest BCUT2D eigenvalue weighted by Crippen LogP contribution is 2.18. The number of piperazine rings is 1. The van der Waals surface area contributed by atoms with E-state index >= 15 is 0 Å². The number of carbonyl (C=O) groups excluding carboxylic acids is 1. The van der Waals surface area contributed by atoms with Crippen LogP contribution in [0.5, 0.6) is 0 Å². The summed E-state index contributed by atoms with van der Waals surface area (Å²) in [6, 6.07) is 14.2. The van der Waals surface area contributed by atoms with E-state index in [0.717, 1.165) is 16.9 Å². The predicted octanol–water partition coefficient (Wildman–Crippen LogP) is 3.49. The Labute approximate surface area is 135 Å². The molecule has 1 aliphatic rings. The van der Waals surface area contributed by atoms with Crippen LogP contribution < -0.4 is 10.2 Å². The van der Waals surface area contributed by atoms with Gasteiger partial charge in [0.2, 0.25) is 0 Å². The number of urea groups is 1. The molecule has 0 aromatic heterocycles. The summed E-state index contributed by atoms with van der Waals surface area (Å²) >= 11 is 0. The van der Waals surface area contributed by atoms with Gasteiger partial charge in [0, 0.05) is 37.6 Å². The molecule has 4 nitrogen and oxygen atoms in total. The molecule has 1 saturated heterocycles. The van der Waals surface area contributed by atoms with E-state index in [4.69, 9.17) is 0 Å². The van der Waals surface area contributed by atoms with Gasteiger partial charge in [-0.25, -0.2) is 9.18 Å². The van der Waals surface area contributed by atoms with Crippen molar-refractivity contribution in [2.24, 2.45) is 0 Å². The standard InChI is InChI=1S/C18H20FN3O/c1-14-5-2-3-8-17(14)20-18(23)22-11-9-21(10-12-22)16-7-4-6-15(19)13-16/h2-8,13H,9-12H2,1H3,(H,20,23). The molecule has 2 aromatic rings. The van der Waals surface area contributed by atoms with Gasteiger partial charge < -0.3 is 15.1 Å². The van der Waals surface area contributed by atoms with Gasteiger partial charge in [0.15, 0.2) is 0 Å². The topological polar surface area (TPSA) is 35.6 Å². The van der Waals surface area contributed by atoms with Crippen LogP contribution in [-0.4, -0.2) is 37.1 Å². The number of carbonyl (C=O) groups is 1. The number of nitrogens with one attached hydrogen (secondary N) is 1. The molecule has 0 unspecified atom stereocenters. The highest BCUT2D eigenvalue weighted by atomic mass is 19.1. The lowest BCUT2D eigenvalue weighted by Crippen LogP contribution is -2.50. The molecule has 3 rings (SSSR count). The molecular weight excluding hydrogens is 293 g/mol. The molecule has 0 aliphatic carbocycles. The first-order chi connectivity index (χ1) is 11.1. The first-order valence-electron chi connectivity index (χ1n) is 7.75. The Morgan fingerprint density at radius 2 is 1.78 bits per heavy atom. The molecule has 23 heavy (non-hydrogen) atoms. The number of anilines is 2. The minimum Gasteiger partial charge on any atom is -0.368 e. The lowest BCUT2D eigenvalue weighted by molar-refractivity contribution is 0.208. The van der Waals surface area contributed by atoms with Crippen molar-refractivity contribution in [2.45, 2.75) is 6.92 Å². The van der Waals surface area contributed by atoms with Crippen LogP contribution in [0.25, 0.3) is 0 Å². The van der Waals surface area contributed by atoms with Crippen LogP contribution in [0.1, 0.15) is 5.56 Å². The van der Waals surface area contributed by atoms with E-state index < -0.39 is 0 Å². The van der Waals surface area contributed by atoms with Crippen LogP contribution in [0.2, 0.25) is 0 Å². The fourth-order valence-electron chi connectivity index (χ4n) is 2.75. The van der Waals surface area contributed by atoms with Crippen molar-refractivity contribution in [1.29, 1.82) is 0 Å². The van der Waals surface area contributed by atoms with Gasteiger partial charge in [0.25, 0.3) is 0 Å². The maximum absolute atomic E-state index is 13.3. The van der Waals surface area contributed by atoms with Crippen LogP contribution in [0, 0.1) is 12.7 Å². The van der Waals surface area contributed by atoms with Gasteiger partial charge in [-0.15, -0.1) is 0 Å². The third kappa shape index (κ3) is 3.62. The molecule has 120 valence electrons. The van der Waals surface area contributed by atoms with Crippen molar-refractivity contribution >= 4 is 17.4 Å². The minimum atomic E-state index is -0.234. The van der Waals surface area contributed by atoms with Gasteiger partial charge in [-0.1, -0.05) is 24.3 Å². The first kappa shape index (κ1) is 15.3. The maximum atomic E-state index is 13.3. The molecule has 2 amide bonds. The lowest BCUT2D eigenvalue weighted by Gasteiger charge is -2.36. The zero-order chi connectivity index (χ0) is 16.2. The zero-order valence-electron chi connectivity index (χ0n) is 13.1. The number of aryl methyl sites for hydroxylation is 1. The van der Waals surface area contributed by atoms with Crippen molar-refractivity contribution in [3.63, 3.8) is 0 Å². The van der Waals surface area contributed by atoms with E-state index in [1.807, 2.05) is 37.3 Å². The summed E-state index contributed by atoms with van der Waals surface area (Å²) in [5.41, 5.74) is 2.74. The van der Waals surface area contributed by atoms with Crippen LogP contribution in [0.15, 0.2) is 48.5 Å². The number of hydrogen-bond acceptors (Lipinski definition) is 2. The Bertz CT molecular complexity index is 696. The third-order valence-electron chi connectivity index (χ3n) is 4.13. The van der Waals surface area contributed by atoms with Crippen molar-refractivity contribution in [2.75, 3.05) is 36.4 Å². The van der Waals surface area contributed by atoms with Crippen LogP contribution in [0.4, 0.5) is 20.6 Å². The summed E-state index contributed by atoms with van der Waals surface area (Å²) in [7, 11) is 0. The Kier molecular flexibility index (Phi) is 4.46. The molecule has 1 fully saturated rings. The number of amides is 2. The smallest absolute Gasteiger partial charge is 0.321 e. The molecule has 0 saturated carbocycles. The molecule has 2 aromatic carbocycles. The molecule has 1 aliphatic heterocycles. The summed E-state index contributed by atoms with van der Waals surface area (Å²) < 4.78 is 13.3. The molecule has 1 heterocycles. The summed E-state index contributed by atoms with van der Waals surface area (Å²) in [5, 5.41) is 2.95. The molecular formula is C18H20FN3O. The van der Waals surface area contributed by atoms with Crippen molar-refractivity contribution < 1.29 is 9.18 Å². The van der Waals surface area contributed by atoms with Crippen LogP contribution >= 0.6 is 0 Å². The number of halogens is 1. The summed E-state index contributed by atoms with van der Waals surface area (Å²) in [4.78, 5) is 16.2. The number of nitrogens with zero attached hydrogens (tertiary/aromatic N) is 2. The Morgan fingerprint density at radius 3 is 2.48 bits per heavy atom. The zero-order valence-corrected chi connectivity index (χ0v) is 13.1. The third-order valence-corrected chi connectivity index (χ3v) is 4.13. The SMILES string of the molecule is Cc1ccccc1NC(=O)N1CCN(c2cccc(F)c2)CC1. The first-order valence-corrected chi connectivity index (χ1v) is 7.75. The van der Waals surface area contributed by atoms with Crippen LogP contribution in [0.3, 0.4) is 0 Å². The predicted molar refractivity (Wildman–Crippen MR) is 90.4 cm³/mol. The normalized spacial score (nSPS) is 14.7. The second kappa shape index (κ2) is 6.69. The molecule has 0 atom stereocenters. The quantitative estimate of drug-likeness (QED) is 0.921. The Morgan fingerprint density at radius 1 is 1.04 bits per heavy atom. The van der Waals surface area contributed by atoms with Gasteiger partial charge in [0.1, 0.15) is 5.82 Å². The lowest BCUT2D eigenvalue weighted by atomic mass is 10.2. The van der Waals surface area contributed by atoms with Crippen molar-refractivity contribution in [3.05, 3.63) is 59.9 Å². The fourth-order valence-corrected chi connectivity index (χ4v) is 2.75. The average molecular weight is 313 g/mol. The average Bonchev–Trinajstić information content (AvgIpc) is 2.57. The number of hydrogen-bond donors (Lipinski definition) is 1. The Hall–Kier alpha value is -2.56. The van der Waals surface area contributed by atoms with E-state index in [-0.39, 0.29) is 11.8 Å². The second-order valence-electron chi connectivity index (χ2n) is 5.70. The summed E-state index contributed by atoms with van der Waals surface area (Å²) in [5.74, 6) is -0.234. The van der Waals surface area contributed by atoms with Crippen molar-refractivity contribution in [3.8, 4) is 0 Å². The fraction of sp³-hybridized carbons (Fsp3) is 0.278.